The van der Waals surface area contributed by atoms with Crippen LogP contribution in [0.4, 0.5) is 5.69 Å². The van der Waals surface area contributed by atoms with E-state index in [2.05, 4.69) is 5.32 Å². The molecular weight excluding hydrogens is 354 g/mol. The molecule has 3 aromatic rings. The van der Waals surface area contributed by atoms with Crippen molar-refractivity contribution in [1.29, 1.82) is 0 Å². The highest BCUT2D eigenvalue weighted by atomic mass is 16.5. The van der Waals surface area contributed by atoms with E-state index in [-0.39, 0.29) is 13.0 Å². The van der Waals surface area contributed by atoms with Gasteiger partial charge in [0.2, 0.25) is 0 Å². The van der Waals surface area contributed by atoms with Crippen molar-refractivity contribution in [3.05, 3.63) is 90.0 Å². The van der Waals surface area contributed by atoms with Crippen LogP contribution in [0.1, 0.15) is 11.1 Å². The zero-order valence-corrected chi connectivity index (χ0v) is 15.6. The maximum atomic E-state index is 12.2. The summed E-state index contributed by atoms with van der Waals surface area (Å²) in [6, 6.07) is 23.9. The highest BCUT2D eigenvalue weighted by Crippen LogP contribution is 2.28. The molecule has 28 heavy (non-hydrogen) atoms. The van der Waals surface area contributed by atoms with Gasteiger partial charge >= 0.3 is 5.97 Å². The maximum absolute atomic E-state index is 12.2. The van der Waals surface area contributed by atoms with Crippen LogP contribution in [0.15, 0.2) is 78.9 Å². The van der Waals surface area contributed by atoms with E-state index in [1.165, 1.54) is 0 Å². The summed E-state index contributed by atoms with van der Waals surface area (Å²) in [5.74, 6) is 0.294. The molecular formula is C23H21NO4. The number of benzene rings is 3. The summed E-state index contributed by atoms with van der Waals surface area (Å²) in [6.45, 7) is 1.57. The normalized spacial score (nSPS) is 10.2. The Morgan fingerprint density at radius 1 is 0.857 bits per heavy atom. The van der Waals surface area contributed by atoms with E-state index >= 15 is 0 Å². The lowest BCUT2D eigenvalue weighted by atomic mass is 10.1. The molecule has 0 unspecified atom stereocenters. The number of aryl methyl sites for hydroxylation is 1. The summed E-state index contributed by atoms with van der Waals surface area (Å²) < 4.78 is 10.9. The van der Waals surface area contributed by atoms with Crippen molar-refractivity contribution in [3.8, 4) is 11.5 Å². The van der Waals surface area contributed by atoms with Crippen molar-refractivity contribution in [1.82, 2.24) is 0 Å². The van der Waals surface area contributed by atoms with Gasteiger partial charge in [-0.2, -0.15) is 0 Å². The Bertz CT molecular complexity index is 954. The van der Waals surface area contributed by atoms with Crippen LogP contribution in [0.5, 0.6) is 11.5 Å². The standard InChI is InChI=1S/C23H21NO4/c1-17-9-5-6-10-18(17)15-23(26)27-16-22(25)24-20-13-7-8-14-21(20)28-19-11-3-2-4-12-19/h2-14H,15-16H2,1H3,(H,24,25). The third-order valence-corrected chi connectivity index (χ3v) is 4.09. The average Bonchev–Trinajstić information content (AvgIpc) is 2.70. The fourth-order valence-electron chi connectivity index (χ4n) is 2.62. The van der Waals surface area contributed by atoms with Crippen LogP contribution in [-0.2, 0) is 20.7 Å². The molecule has 0 fully saturated rings. The molecule has 0 saturated heterocycles. The molecule has 0 saturated carbocycles. The topological polar surface area (TPSA) is 64.6 Å². The minimum atomic E-state index is -0.446. The summed E-state index contributed by atoms with van der Waals surface area (Å²) >= 11 is 0. The van der Waals surface area contributed by atoms with Crippen molar-refractivity contribution in [2.24, 2.45) is 0 Å². The van der Waals surface area contributed by atoms with E-state index in [0.29, 0.717) is 17.2 Å². The van der Waals surface area contributed by atoms with Gasteiger partial charge in [0.25, 0.3) is 5.91 Å². The van der Waals surface area contributed by atoms with Crippen LogP contribution in [-0.4, -0.2) is 18.5 Å². The Labute approximate surface area is 163 Å². The van der Waals surface area contributed by atoms with Gasteiger partial charge in [-0.1, -0.05) is 54.6 Å². The molecule has 0 spiro atoms. The first-order chi connectivity index (χ1) is 13.6. The molecule has 0 bridgehead atoms. The van der Waals surface area contributed by atoms with Crippen LogP contribution >= 0.6 is 0 Å². The van der Waals surface area contributed by atoms with Gasteiger partial charge in [0, 0.05) is 0 Å². The summed E-state index contributed by atoms with van der Waals surface area (Å²) in [4.78, 5) is 24.2. The van der Waals surface area contributed by atoms with Gasteiger partial charge in [0.15, 0.2) is 12.4 Å². The molecule has 5 nitrogen and oxygen atoms in total. The Morgan fingerprint density at radius 3 is 2.32 bits per heavy atom. The predicted molar refractivity (Wildman–Crippen MR) is 107 cm³/mol. The van der Waals surface area contributed by atoms with Crippen molar-refractivity contribution >= 4 is 17.6 Å². The molecule has 142 valence electrons. The van der Waals surface area contributed by atoms with Crippen LogP contribution in [0.2, 0.25) is 0 Å². The van der Waals surface area contributed by atoms with Gasteiger partial charge < -0.3 is 14.8 Å². The van der Waals surface area contributed by atoms with Gasteiger partial charge in [-0.3, -0.25) is 9.59 Å². The number of carbonyl (C=O) groups excluding carboxylic acids is 2. The van der Waals surface area contributed by atoms with E-state index < -0.39 is 11.9 Å². The third kappa shape index (κ3) is 5.45. The fraction of sp³-hybridized carbons (Fsp3) is 0.130. The van der Waals surface area contributed by atoms with E-state index in [0.717, 1.165) is 11.1 Å². The van der Waals surface area contributed by atoms with E-state index in [9.17, 15) is 9.59 Å². The molecule has 0 aliphatic heterocycles. The number of esters is 1. The first-order valence-corrected chi connectivity index (χ1v) is 8.94. The Morgan fingerprint density at radius 2 is 1.54 bits per heavy atom. The van der Waals surface area contributed by atoms with Crippen LogP contribution in [0.3, 0.4) is 0 Å². The smallest absolute Gasteiger partial charge is 0.310 e. The van der Waals surface area contributed by atoms with Gasteiger partial charge in [0.05, 0.1) is 12.1 Å². The molecule has 0 aliphatic rings. The molecule has 3 aromatic carbocycles. The number of hydrogen-bond acceptors (Lipinski definition) is 4. The number of ether oxygens (including phenoxy) is 2. The van der Waals surface area contributed by atoms with Crippen LogP contribution in [0.25, 0.3) is 0 Å². The Kier molecular flexibility index (Phi) is 6.41. The molecule has 0 aromatic heterocycles. The number of carbonyl (C=O) groups is 2. The second-order valence-corrected chi connectivity index (χ2v) is 6.22. The largest absolute Gasteiger partial charge is 0.455 e. The summed E-state index contributed by atoms with van der Waals surface area (Å²) in [6.07, 6.45) is 0.133. The molecule has 3 rings (SSSR count). The minimum Gasteiger partial charge on any atom is -0.455 e. The number of para-hydroxylation sites is 3. The van der Waals surface area contributed by atoms with Crippen LogP contribution < -0.4 is 10.1 Å². The average molecular weight is 375 g/mol. The molecule has 0 heterocycles. The number of nitrogens with one attached hydrogen (secondary N) is 1. The van der Waals surface area contributed by atoms with Crippen molar-refractivity contribution in [3.63, 3.8) is 0 Å². The first kappa shape index (κ1) is 19.2. The molecule has 0 atom stereocenters. The highest BCUT2D eigenvalue weighted by Gasteiger charge is 2.12. The Hall–Kier alpha value is -3.60. The van der Waals surface area contributed by atoms with E-state index in [1.807, 2.05) is 67.6 Å². The maximum Gasteiger partial charge on any atom is 0.310 e. The van der Waals surface area contributed by atoms with Crippen LogP contribution in [0, 0.1) is 6.92 Å². The summed E-state index contributed by atoms with van der Waals surface area (Å²) in [5, 5.41) is 2.72. The monoisotopic (exact) mass is 375 g/mol. The molecule has 5 heteroatoms. The van der Waals surface area contributed by atoms with Gasteiger partial charge in [-0.15, -0.1) is 0 Å². The highest BCUT2D eigenvalue weighted by molar-refractivity contribution is 5.94. The lowest BCUT2D eigenvalue weighted by Crippen LogP contribution is -2.22. The lowest BCUT2D eigenvalue weighted by Gasteiger charge is -2.12. The summed E-state index contributed by atoms with van der Waals surface area (Å²) in [5.41, 5.74) is 2.40. The van der Waals surface area contributed by atoms with Gasteiger partial charge in [0.1, 0.15) is 5.75 Å². The molecule has 1 N–H and O–H groups in total. The molecule has 1 amide bonds. The van der Waals surface area contributed by atoms with E-state index in [1.54, 1.807) is 18.2 Å². The molecule has 0 aliphatic carbocycles. The van der Waals surface area contributed by atoms with Gasteiger partial charge in [-0.05, 0) is 42.3 Å². The Balaban J connectivity index is 1.55. The lowest BCUT2D eigenvalue weighted by molar-refractivity contribution is -0.146. The van der Waals surface area contributed by atoms with Gasteiger partial charge in [-0.25, -0.2) is 0 Å². The second-order valence-electron chi connectivity index (χ2n) is 6.22. The number of amides is 1. The number of anilines is 1. The molecule has 0 radical (unpaired) electrons. The zero-order chi connectivity index (χ0) is 19.8. The van der Waals surface area contributed by atoms with E-state index in [4.69, 9.17) is 9.47 Å². The SMILES string of the molecule is Cc1ccccc1CC(=O)OCC(=O)Nc1ccccc1Oc1ccccc1. The first-order valence-electron chi connectivity index (χ1n) is 8.94. The van der Waals surface area contributed by atoms with Crippen molar-refractivity contribution < 1.29 is 19.1 Å². The predicted octanol–water partition coefficient (Wildman–Crippen LogP) is 4.51. The zero-order valence-electron chi connectivity index (χ0n) is 15.6. The second kappa shape index (κ2) is 9.37. The quantitative estimate of drug-likeness (QED) is 0.617. The van der Waals surface area contributed by atoms with Crippen molar-refractivity contribution in [2.75, 3.05) is 11.9 Å². The minimum absolute atomic E-state index is 0.133. The number of rotatable bonds is 7. The third-order valence-electron chi connectivity index (χ3n) is 4.09. The number of hydrogen-bond donors (Lipinski definition) is 1. The fourth-order valence-corrected chi connectivity index (χ4v) is 2.62. The summed E-state index contributed by atoms with van der Waals surface area (Å²) in [7, 11) is 0. The van der Waals surface area contributed by atoms with Crippen molar-refractivity contribution in [2.45, 2.75) is 13.3 Å².